The lowest BCUT2D eigenvalue weighted by Crippen LogP contribution is -2.35. The van der Waals surface area contributed by atoms with Crippen LogP contribution in [-0.2, 0) is 22.6 Å². The van der Waals surface area contributed by atoms with Gasteiger partial charge < -0.3 is 10.2 Å². The molecule has 0 aliphatic heterocycles. The lowest BCUT2D eigenvalue weighted by atomic mass is 10.0. The first-order valence-corrected chi connectivity index (χ1v) is 10.1. The zero-order valence-electron chi connectivity index (χ0n) is 16.6. The topological polar surface area (TPSA) is 49.4 Å². The Balaban J connectivity index is 1.83. The summed E-state index contributed by atoms with van der Waals surface area (Å²) in [6.45, 7) is 4.40. The predicted molar refractivity (Wildman–Crippen MR) is 113 cm³/mol. The van der Waals surface area contributed by atoms with Crippen LogP contribution < -0.4 is 10.2 Å². The number of carbonyl (C=O) groups is 2. The number of nitrogens with one attached hydrogen (secondary N) is 1. The maximum absolute atomic E-state index is 13.3. The maximum Gasteiger partial charge on any atom is 0.230 e. The van der Waals surface area contributed by atoms with Gasteiger partial charge in [-0.2, -0.15) is 0 Å². The molecule has 3 rings (SSSR count). The van der Waals surface area contributed by atoms with Gasteiger partial charge in [-0.1, -0.05) is 43.2 Å². The lowest BCUT2D eigenvalue weighted by Gasteiger charge is -2.26. The molecule has 0 heterocycles. The molecule has 4 nitrogen and oxygen atoms in total. The highest BCUT2D eigenvalue weighted by Gasteiger charge is 2.28. The van der Waals surface area contributed by atoms with Gasteiger partial charge in [-0.3, -0.25) is 9.59 Å². The standard InChI is InChI=1S/C24H27FN2O2/c1-2-14-26-23(28)16-19-6-5-9-22(15-19)27(24(29)20-7-3-4-8-20)17-18-10-12-21(25)13-11-18/h2,5-6,9-13,15,20H,1,3-4,7-8,14,16-17H2,(H,26,28). The average molecular weight is 394 g/mol. The zero-order valence-corrected chi connectivity index (χ0v) is 16.6. The Bertz CT molecular complexity index is 857. The molecule has 2 amide bonds. The Morgan fingerprint density at radius 2 is 1.83 bits per heavy atom. The Labute approximate surface area is 171 Å². The van der Waals surface area contributed by atoms with E-state index in [4.69, 9.17) is 0 Å². The molecule has 1 N–H and O–H groups in total. The van der Waals surface area contributed by atoms with Crippen molar-refractivity contribution in [3.63, 3.8) is 0 Å². The second-order valence-corrected chi connectivity index (χ2v) is 7.47. The number of anilines is 1. The van der Waals surface area contributed by atoms with Gasteiger partial charge in [0.25, 0.3) is 0 Å². The first-order chi connectivity index (χ1) is 14.1. The minimum Gasteiger partial charge on any atom is -0.352 e. The quantitative estimate of drug-likeness (QED) is 0.675. The summed E-state index contributed by atoms with van der Waals surface area (Å²) in [6, 6.07) is 13.8. The van der Waals surface area contributed by atoms with Crippen LogP contribution in [0.2, 0.25) is 0 Å². The fraction of sp³-hybridized carbons (Fsp3) is 0.333. The highest BCUT2D eigenvalue weighted by Crippen LogP contribution is 2.30. The van der Waals surface area contributed by atoms with Crippen LogP contribution in [-0.4, -0.2) is 18.4 Å². The van der Waals surface area contributed by atoms with Gasteiger partial charge in [0.15, 0.2) is 0 Å². The minimum absolute atomic E-state index is 0.0231. The van der Waals surface area contributed by atoms with Crippen LogP contribution in [0.5, 0.6) is 0 Å². The monoisotopic (exact) mass is 394 g/mol. The van der Waals surface area contributed by atoms with E-state index in [0.717, 1.165) is 42.5 Å². The van der Waals surface area contributed by atoms with Crippen molar-refractivity contribution < 1.29 is 14.0 Å². The van der Waals surface area contributed by atoms with Crippen molar-refractivity contribution in [2.75, 3.05) is 11.4 Å². The number of hydrogen-bond acceptors (Lipinski definition) is 2. The molecule has 1 saturated carbocycles. The minimum atomic E-state index is -0.296. The number of rotatable bonds is 8. The highest BCUT2D eigenvalue weighted by atomic mass is 19.1. The second-order valence-electron chi connectivity index (χ2n) is 7.47. The summed E-state index contributed by atoms with van der Waals surface area (Å²) >= 11 is 0. The first-order valence-electron chi connectivity index (χ1n) is 10.1. The van der Waals surface area contributed by atoms with Gasteiger partial charge in [0.1, 0.15) is 5.82 Å². The number of amides is 2. The fourth-order valence-electron chi connectivity index (χ4n) is 3.73. The van der Waals surface area contributed by atoms with Crippen LogP contribution in [0.1, 0.15) is 36.8 Å². The Hall–Kier alpha value is -2.95. The molecule has 2 aromatic rings. The molecule has 5 heteroatoms. The van der Waals surface area contributed by atoms with E-state index < -0.39 is 0 Å². The van der Waals surface area contributed by atoms with Gasteiger partial charge in [0, 0.05) is 18.2 Å². The van der Waals surface area contributed by atoms with Crippen molar-refractivity contribution in [3.05, 3.63) is 78.1 Å². The van der Waals surface area contributed by atoms with E-state index in [0.29, 0.717) is 13.1 Å². The predicted octanol–water partition coefficient (Wildman–Crippen LogP) is 4.39. The number of nitrogens with zero attached hydrogens (tertiary/aromatic N) is 1. The van der Waals surface area contributed by atoms with Crippen molar-refractivity contribution in [1.29, 1.82) is 0 Å². The van der Waals surface area contributed by atoms with Crippen molar-refractivity contribution in [1.82, 2.24) is 5.32 Å². The largest absolute Gasteiger partial charge is 0.352 e. The molecule has 0 saturated heterocycles. The van der Waals surface area contributed by atoms with E-state index >= 15 is 0 Å². The summed E-state index contributed by atoms with van der Waals surface area (Å²) in [5.74, 6) is -0.265. The summed E-state index contributed by atoms with van der Waals surface area (Å²) in [5.41, 5.74) is 2.47. The molecule has 0 aromatic heterocycles. The summed E-state index contributed by atoms with van der Waals surface area (Å²) in [7, 11) is 0. The van der Waals surface area contributed by atoms with Gasteiger partial charge in [0.2, 0.25) is 11.8 Å². The molecule has 0 bridgehead atoms. The number of hydrogen-bond donors (Lipinski definition) is 1. The molecular formula is C24H27FN2O2. The molecule has 0 unspecified atom stereocenters. The van der Waals surface area contributed by atoms with Crippen molar-refractivity contribution in [3.8, 4) is 0 Å². The second kappa shape index (κ2) is 10.0. The molecule has 2 aromatic carbocycles. The van der Waals surface area contributed by atoms with E-state index in [2.05, 4.69) is 11.9 Å². The van der Waals surface area contributed by atoms with Crippen LogP contribution in [0.4, 0.5) is 10.1 Å². The number of benzene rings is 2. The average Bonchev–Trinajstić information content (AvgIpc) is 3.26. The number of carbonyl (C=O) groups excluding carboxylic acids is 2. The van der Waals surface area contributed by atoms with E-state index in [1.165, 1.54) is 12.1 Å². The first kappa shape index (κ1) is 20.8. The molecule has 0 spiro atoms. The van der Waals surface area contributed by atoms with Crippen LogP contribution in [0.15, 0.2) is 61.2 Å². The van der Waals surface area contributed by atoms with E-state index in [-0.39, 0.29) is 30.0 Å². The SMILES string of the molecule is C=CCNC(=O)Cc1cccc(N(Cc2ccc(F)cc2)C(=O)C2CCCC2)c1. The fourth-order valence-corrected chi connectivity index (χ4v) is 3.73. The molecule has 1 fully saturated rings. The zero-order chi connectivity index (χ0) is 20.6. The maximum atomic E-state index is 13.3. The van der Waals surface area contributed by atoms with Gasteiger partial charge in [-0.15, -0.1) is 6.58 Å². The Morgan fingerprint density at radius 1 is 1.10 bits per heavy atom. The van der Waals surface area contributed by atoms with E-state index in [9.17, 15) is 14.0 Å². The van der Waals surface area contributed by atoms with Crippen LogP contribution in [0, 0.1) is 11.7 Å². The van der Waals surface area contributed by atoms with E-state index in [1.807, 2.05) is 24.3 Å². The molecule has 1 aliphatic carbocycles. The normalized spacial score (nSPS) is 13.8. The third-order valence-electron chi connectivity index (χ3n) is 5.25. The molecule has 152 valence electrons. The molecule has 1 aliphatic rings. The summed E-state index contributed by atoms with van der Waals surface area (Å²) in [5, 5.41) is 2.77. The third kappa shape index (κ3) is 5.76. The number of halogens is 1. The van der Waals surface area contributed by atoms with Gasteiger partial charge in [0.05, 0.1) is 13.0 Å². The Morgan fingerprint density at radius 3 is 2.52 bits per heavy atom. The Kier molecular flexibility index (Phi) is 7.17. The van der Waals surface area contributed by atoms with Gasteiger partial charge in [-0.25, -0.2) is 4.39 Å². The summed E-state index contributed by atoms with van der Waals surface area (Å²) in [4.78, 5) is 27.1. The van der Waals surface area contributed by atoms with Gasteiger partial charge in [-0.05, 0) is 48.2 Å². The molecular weight excluding hydrogens is 367 g/mol. The van der Waals surface area contributed by atoms with Crippen LogP contribution in [0.25, 0.3) is 0 Å². The third-order valence-corrected chi connectivity index (χ3v) is 5.25. The van der Waals surface area contributed by atoms with Crippen LogP contribution >= 0.6 is 0 Å². The van der Waals surface area contributed by atoms with Crippen molar-refractivity contribution >= 4 is 17.5 Å². The summed E-state index contributed by atoms with van der Waals surface area (Å²) in [6.07, 6.45) is 5.84. The molecule has 29 heavy (non-hydrogen) atoms. The van der Waals surface area contributed by atoms with Crippen molar-refractivity contribution in [2.24, 2.45) is 5.92 Å². The van der Waals surface area contributed by atoms with Gasteiger partial charge >= 0.3 is 0 Å². The van der Waals surface area contributed by atoms with Crippen LogP contribution in [0.3, 0.4) is 0 Å². The molecule has 0 radical (unpaired) electrons. The highest BCUT2D eigenvalue weighted by molar-refractivity contribution is 5.95. The van der Waals surface area contributed by atoms with Crippen molar-refractivity contribution in [2.45, 2.75) is 38.6 Å². The molecule has 0 atom stereocenters. The lowest BCUT2D eigenvalue weighted by molar-refractivity contribution is -0.122. The van der Waals surface area contributed by atoms with E-state index in [1.54, 1.807) is 23.1 Å². The summed E-state index contributed by atoms with van der Waals surface area (Å²) < 4.78 is 13.3. The smallest absolute Gasteiger partial charge is 0.230 e.